The Kier molecular flexibility index (Phi) is 3.00. The van der Waals surface area contributed by atoms with Crippen molar-refractivity contribution in [2.24, 2.45) is 0 Å². The molecule has 18 heavy (non-hydrogen) atoms. The van der Waals surface area contributed by atoms with Crippen LogP contribution in [0.25, 0.3) is 10.9 Å². The van der Waals surface area contributed by atoms with Crippen molar-refractivity contribution >= 4 is 16.6 Å². The Balaban J connectivity index is 1.92. The number of nitrogens with two attached hydrogens (primary N) is 1. The fourth-order valence-electron chi connectivity index (χ4n) is 2.78. The molecule has 96 valence electrons. The molecule has 1 aromatic carbocycles. The Morgan fingerprint density at radius 3 is 2.89 bits per heavy atom. The molecule has 3 N–H and O–H groups in total. The number of aromatic nitrogens is 1. The molecule has 0 saturated heterocycles. The first-order valence-electron chi connectivity index (χ1n) is 6.89. The first kappa shape index (κ1) is 11.6. The van der Waals surface area contributed by atoms with Gasteiger partial charge < -0.3 is 15.6 Å². The third kappa shape index (κ3) is 1.89. The lowest BCUT2D eigenvalue weighted by molar-refractivity contribution is 0.335. The third-order valence-electron chi connectivity index (χ3n) is 4.03. The van der Waals surface area contributed by atoms with E-state index < -0.39 is 0 Å². The second-order valence-corrected chi connectivity index (χ2v) is 5.17. The number of para-hydroxylation sites is 1. The molecule has 2 aromatic rings. The zero-order valence-electron chi connectivity index (χ0n) is 10.9. The number of benzene rings is 1. The van der Waals surface area contributed by atoms with Crippen molar-refractivity contribution in [1.82, 2.24) is 9.88 Å². The zero-order valence-corrected chi connectivity index (χ0v) is 10.9. The molecule has 1 heterocycles. The summed E-state index contributed by atoms with van der Waals surface area (Å²) in [6, 6.07) is 9.15. The number of anilines is 1. The largest absolute Gasteiger partial charge is 0.397 e. The fourth-order valence-corrected chi connectivity index (χ4v) is 2.78. The molecule has 3 heteroatoms. The number of fused-ring (bicyclic) bond motifs is 1. The Labute approximate surface area is 108 Å². The van der Waals surface area contributed by atoms with Gasteiger partial charge in [-0.05, 0) is 31.9 Å². The fraction of sp³-hybridized carbons (Fsp3) is 0.467. The normalized spacial score (nSPS) is 16.1. The lowest BCUT2D eigenvalue weighted by atomic mass is 9.93. The Bertz CT molecular complexity index is 552. The monoisotopic (exact) mass is 243 g/mol. The van der Waals surface area contributed by atoms with Crippen LogP contribution in [0.1, 0.15) is 31.9 Å². The van der Waals surface area contributed by atoms with Crippen LogP contribution in [0.15, 0.2) is 24.3 Å². The van der Waals surface area contributed by atoms with Gasteiger partial charge in [0.05, 0.1) is 11.2 Å². The quantitative estimate of drug-likeness (QED) is 0.811. The number of aryl methyl sites for hydroxylation is 1. The van der Waals surface area contributed by atoms with E-state index in [0.29, 0.717) is 0 Å². The van der Waals surface area contributed by atoms with E-state index in [1.807, 2.05) is 12.1 Å². The number of nitrogens with zero attached hydrogens (tertiary/aromatic N) is 1. The van der Waals surface area contributed by atoms with E-state index in [1.54, 1.807) is 0 Å². The molecule has 0 unspecified atom stereocenters. The van der Waals surface area contributed by atoms with Gasteiger partial charge in [-0.3, -0.25) is 0 Å². The molecule has 1 aliphatic rings. The average molecular weight is 243 g/mol. The second kappa shape index (κ2) is 4.65. The summed E-state index contributed by atoms with van der Waals surface area (Å²) in [5.41, 5.74) is 9.51. The standard InChI is InChI=1S/C15H21N3/c1-2-18-13(10-17-12-6-4-7-12)9-11-5-3-8-14(16)15(11)18/h3,5,8-9,12,17H,2,4,6-7,10,16H2,1H3. The maximum atomic E-state index is 6.10. The molecule has 1 aliphatic carbocycles. The van der Waals surface area contributed by atoms with E-state index in [9.17, 15) is 0 Å². The van der Waals surface area contributed by atoms with Gasteiger partial charge in [0.1, 0.15) is 0 Å². The molecule has 1 aromatic heterocycles. The summed E-state index contributed by atoms with van der Waals surface area (Å²) in [6.07, 6.45) is 4.03. The van der Waals surface area contributed by atoms with Crippen molar-refractivity contribution in [2.45, 2.75) is 45.3 Å². The number of hydrogen-bond acceptors (Lipinski definition) is 2. The lowest BCUT2D eigenvalue weighted by Gasteiger charge is -2.26. The van der Waals surface area contributed by atoms with Crippen LogP contribution in [0.3, 0.4) is 0 Å². The van der Waals surface area contributed by atoms with Crippen molar-refractivity contribution in [3.05, 3.63) is 30.0 Å². The van der Waals surface area contributed by atoms with Crippen molar-refractivity contribution in [1.29, 1.82) is 0 Å². The van der Waals surface area contributed by atoms with Gasteiger partial charge in [0, 0.05) is 30.2 Å². The molecule has 0 bridgehead atoms. The average Bonchev–Trinajstić information content (AvgIpc) is 2.66. The van der Waals surface area contributed by atoms with E-state index in [2.05, 4.69) is 28.9 Å². The van der Waals surface area contributed by atoms with Crippen molar-refractivity contribution in [3.8, 4) is 0 Å². The summed E-state index contributed by atoms with van der Waals surface area (Å²) in [7, 11) is 0. The molecule has 0 radical (unpaired) electrons. The molecule has 3 nitrogen and oxygen atoms in total. The van der Waals surface area contributed by atoms with E-state index in [0.717, 1.165) is 24.8 Å². The van der Waals surface area contributed by atoms with Crippen LogP contribution in [-0.2, 0) is 13.1 Å². The number of nitrogens with one attached hydrogen (secondary N) is 1. The van der Waals surface area contributed by atoms with Crippen LogP contribution < -0.4 is 11.1 Å². The number of nitrogen functional groups attached to an aromatic ring is 1. The van der Waals surface area contributed by atoms with Gasteiger partial charge in [0.2, 0.25) is 0 Å². The van der Waals surface area contributed by atoms with Crippen LogP contribution in [0.2, 0.25) is 0 Å². The highest BCUT2D eigenvalue weighted by atomic mass is 15.0. The first-order chi connectivity index (χ1) is 8.79. The van der Waals surface area contributed by atoms with Crippen LogP contribution in [0.4, 0.5) is 5.69 Å². The Hall–Kier alpha value is -1.48. The molecular weight excluding hydrogens is 222 g/mol. The van der Waals surface area contributed by atoms with E-state index in [4.69, 9.17) is 5.73 Å². The Morgan fingerprint density at radius 2 is 2.22 bits per heavy atom. The minimum atomic E-state index is 0.727. The molecule has 0 aliphatic heterocycles. The van der Waals surface area contributed by atoms with Gasteiger partial charge in [0.25, 0.3) is 0 Å². The summed E-state index contributed by atoms with van der Waals surface area (Å²) >= 11 is 0. The number of hydrogen-bond donors (Lipinski definition) is 2. The van der Waals surface area contributed by atoms with Gasteiger partial charge in [0.15, 0.2) is 0 Å². The predicted octanol–water partition coefficient (Wildman–Crippen LogP) is 2.89. The molecule has 0 spiro atoms. The van der Waals surface area contributed by atoms with Crippen LogP contribution in [0, 0.1) is 0 Å². The SMILES string of the molecule is CCn1c(CNC2CCC2)cc2cccc(N)c21. The predicted molar refractivity (Wildman–Crippen MR) is 76.5 cm³/mol. The molecule has 3 rings (SSSR count). The van der Waals surface area contributed by atoms with Crippen LogP contribution in [0.5, 0.6) is 0 Å². The molecular formula is C15H21N3. The molecule has 0 atom stereocenters. The summed E-state index contributed by atoms with van der Waals surface area (Å²) in [4.78, 5) is 0. The first-order valence-corrected chi connectivity index (χ1v) is 6.89. The number of rotatable bonds is 4. The third-order valence-corrected chi connectivity index (χ3v) is 4.03. The minimum Gasteiger partial charge on any atom is -0.397 e. The Morgan fingerprint density at radius 1 is 1.39 bits per heavy atom. The van der Waals surface area contributed by atoms with E-state index in [-0.39, 0.29) is 0 Å². The van der Waals surface area contributed by atoms with Gasteiger partial charge in [-0.2, -0.15) is 0 Å². The lowest BCUT2D eigenvalue weighted by Crippen LogP contribution is -2.35. The molecule has 0 amide bonds. The van der Waals surface area contributed by atoms with Gasteiger partial charge in [-0.15, -0.1) is 0 Å². The highest BCUT2D eigenvalue weighted by molar-refractivity contribution is 5.91. The van der Waals surface area contributed by atoms with Crippen molar-refractivity contribution in [2.75, 3.05) is 5.73 Å². The maximum Gasteiger partial charge on any atom is 0.0716 e. The minimum absolute atomic E-state index is 0.727. The van der Waals surface area contributed by atoms with Crippen LogP contribution >= 0.6 is 0 Å². The van der Waals surface area contributed by atoms with E-state index >= 15 is 0 Å². The van der Waals surface area contributed by atoms with Gasteiger partial charge >= 0.3 is 0 Å². The summed E-state index contributed by atoms with van der Waals surface area (Å²) in [6.45, 7) is 4.10. The highest BCUT2D eigenvalue weighted by Crippen LogP contribution is 2.26. The smallest absolute Gasteiger partial charge is 0.0716 e. The maximum absolute atomic E-state index is 6.10. The van der Waals surface area contributed by atoms with Gasteiger partial charge in [-0.25, -0.2) is 0 Å². The van der Waals surface area contributed by atoms with Crippen molar-refractivity contribution < 1.29 is 0 Å². The van der Waals surface area contributed by atoms with Crippen LogP contribution in [-0.4, -0.2) is 10.6 Å². The second-order valence-electron chi connectivity index (χ2n) is 5.17. The molecule has 1 fully saturated rings. The molecule has 1 saturated carbocycles. The summed E-state index contributed by atoms with van der Waals surface area (Å²) in [5.74, 6) is 0. The summed E-state index contributed by atoms with van der Waals surface area (Å²) < 4.78 is 2.33. The topological polar surface area (TPSA) is 43.0 Å². The summed E-state index contributed by atoms with van der Waals surface area (Å²) in [5, 5.41) is 4.88. The zero-order chi connectivity index (χ0) is 12.5. The van der Waals surface area contributed by atoms with E-state index in [1.165, 1.54) is 35.9 Å². The highest BCUT2D eigenvalue weighted by Gasteiger charge is 2.17. The van der Waals surface area contributed by atoms with Crippen molar-refractivity contribution in [3.63, 3.8) is 0 Å². The van der Waals surface area contributed by atoms with Gasteiger partial charge in [-0.1, -0.05) is 18.6 Å².